The van der Waals surface area contributed by atoms with Crippen LogP contribution in [0.1, 0.15) is 30.9 Å². The first-order valence-corrected chi connectivity index (χ1v) is 10.4. The quantitative estimate of drug-likeness (QED) is 0.596. The first-order chi connectivity index (χ1) is 15.9. The van der Waals surface area contributed by atoms with Crippen molar-refractivity contribution in [2.24, 2.45) is 5.73 Å². The SMILES string of the molecule is CCOC(=O)C1=C(C)OC(N)=C(C#N)C1c1cccc(OCC(=O)NCc2ccccc2)c1. The lowest BCUT2D eigenvalue weighted by atomic mass is 9.83. The summed E-state index contributed by atoms with van der Waals surface area (Å²) in [5.74, 6) is -1.04. The smallest absolute Gasteiger partial charge is 0.338 e. The maximum atomic E-state index is 12.6. The summed E-state index contributed by atoms with van der Waals surface area (Å²) in [6, 6.07) is 18.4. The van der Waals surface area contributed by atoms with Crippen molar-refractivity contribution in [3.8, 4) is 11.8 Å². The van der Waals surface area contributed by atoms with Gasteiger partial charge >= 0.3 is 5.97 Å². The third-order valence-corrected chi connectivity index (χ3v) is 4.99. The van der Waals surface area contributed by atoms with Gasteiger partial charge in [-0.05, 0) is 37.1 Å². The number of carbonyl (C=O) groups excluding carboxylic acids is 2. The molecule has 2 aromatic rings. The number of carbonyl (C=O) groups is 2. The van der Waals surface area contributed by atoms with Crippen molar-refractivity contribution in [3.05, 3.63) is 88.5 Å². The molecule has 0 bridgehead atoms. The Morgan fingerprint density at radius 3 is 2.64 bits per heavy atom. The van der Waals surface area contributed by atoms with Crippen LogP contribution in [0.2, 0.25) is 0 Å². The zero-order valence-electron chi connectivity index (χ0n) is 18.5. The molecule has 1 atom stereocenters. The van der Waals surface area contributed by atoms with Crippen LogP contribution in [0.25, 0.3) is 0 Å². The zero-order valence-corrected chi connectivity index (χ0v) is 18.5. The topological polar surface area (TPSA) is 124 Å². The van der Waals surface area contributed by atoms with Crippen LogP contribution in [-0.2, 0) is 25.6 Å². The van der Waals surface area contributed by atoms with Gasteiger partial charge in [0.2, 0.25) is 5.88 Å². The fourth-order valence-corrected chi connectivity index (χ4v) is 3.47. The Labute approximate surface area is 192 Å². The standard InChI is InChI=1S/C25H25N3O5/c1-3-31-25(30)22-16(2)33-24(27)20(13-26)23(22)18-10-7-11-19(12-18)32-15-21(29)28-14-17-8-5-4-6-9-17/h4-12,23H,3,14-15,27H2,1-2H3,(H,28,29). The number of ether oxygens (including phenoxy) is 3. The lowest BCUT2D eigenvalue weighted by Crippen LogP contribution is -2.28. The molecule has 0 aliphatic carbocycles. The van der Waals surface area contributed by atoms with Gasteiger partial charge in [0.25, 0.3) is 5.91 Å². The van der Waals surface area contributed by atoms with E-state index in [-0.39, 0.29) is 41.9 Å². The van der Waals surface area contributed by atoms with Gasteiger partial charge in [-0.2, -0.15) is 5.26 Å². The van der Waals surface area contributed by atoms with Crippen molar-refractivity contribution < 1.29 is 23.8 Å². The van der Waals surface area contributed by atoms with E-state index in [4.69, 9.17) is 19.9 Å². The molecule has 33 heavy (non-hydrogen) atoms. The van der Waals surface area contributed by atoms with Crippen LogP contribution in [-0.4, -0.2) is 25.1 Å². The molecule has 3 N–H and O–H groups in total. The number of nitriles is 1. The van der Waals surface area contributed by atoms with Crippen LogP contribution in [0.5, 0.6) is 5.75 Å². The molecule has 0 saturated heterocycles. The summed E-state index contributed by atoms with van der Waals surface area (Å²) in [7, 11) is 0. The van der Waals surface area contributed by atoms with Crippen LogP contribution in [0, 0.1) is 11.3 Å². The Balaban J connectivity index is 1.77. The summed E-state index contributed by atoms with van der Waals surface area (Å²) in [5.41, 5.74) is 7.79. The number of allylic oxidation sites excluding steroid dienone is 2. The van der Waals surface area contributed by atoms with Crippen molar-refractivity contribution in [2.45, 2.75) is 26.3 Å². The number of hydrogen-bond acceptors (Lipinski definition) is 7. The number of amides is 1. The van der Waals surface area contributed by atoms with E-state index in [0.717, 1.165) is 5.56 Å². The van der Waals surface area contributed by atoms with Gasteiger partial charge in [0.05, 0.1) is 18.1 Å². The van der Waals surface area contributed by atoms with Gasteiger partial charge in [0, 0.05) is 6.54 Å². The summed E-state index contributed by atoms with van der Waals surface area (Å²) < 4.78 is 16.2. The molecule has 170 valence electrons. The van der Waals surface area contributed by atoms with Crippen molar-refractivity contribution in [2.75, 3.05) is 13.2 Å². The maximum absolute atomic E-state index is 12.6. The fraction of sp³-hybridized carbons (Fsp3) is 0.240. The molecule has 0 spiro atoms. The van der Waals surface area contributed by atoms with Gasteiger partial charge in [-0.15, -0.1) is 0 Å². The van der Waals surface area contributed by atoms with Crippen molar-refractivity contribution >= 4 is 11.9 Å². The number of benzene rings is 2. The molecule has 3 rings (SSSR count). The monoisotopic (exact) mass is 447 g/mol. The number of rotatable bonds is 8. The highest BCUT2D eigenvalue weighted by molar-refractivity contribution is 5.92. The predicted molar refractivity (Wildman–Crippen MR) is 120 cm³/mol. The highest BCUT2D eigenvalue weighted by Crippen LogP contribution is 2.40. The van der Waals surface area contributed by atoms with Gasteiger partial charge in [-0.3, -0.25) is 4.79 Å². The Bertz CT molecular complexity index is 1130. The van der Waals surface area contributed by atoms with Crippen LogP contribution < -0.4 is 15.8 Å². The number of nitrogens with zero attached hydrogens (tertiary/aromatic N) is 1. The lowest BCUT2D eigenvalue weighted by Gasteiger charge is -2.27. The van der Waals surface area contributed by atoms with Gasteiger partial charge in [-0.25, -0.2) is 4.79 Å². The molecule has 1 aliphatic heterocycles. The van der Waals surface area contributed by atoms with E-state index in [1.54, 1.807) is 38.1 Å². The van der Waals surface area contributed by atoms with Crippen molar-refractivity contribution in [1.82, 2.24) is 5.32 Å². The van der Waals surface area contributed by atoms with Gasteiger partial charge < -0.3 is 25.3 Å². The third-order valence-electron chi connectivity index (χ3n) is 4.99. The minimum atomic E-state index is -0.779. The molecule has 1 unspecified atom stereocenters. The van der Waals surface area contributed by atoms with Crippen molar-refractivity contribution in [1.29, 1.82) is 5.26 Å². The van der Waals surface area contributed by atoms with Crippen molar-refractivity contribution in [3.63, 3.8) is 0 Å². The molecule has 0 radical (unpaired) electrons. The van der Waals surface area contributed by atoms with Crippen LogP contribution in [0.15, 0.2) is 77.4 Å². The average molecular weight is 447 g/mol. The normalized spacial score (nSPS) is 15.4. The molecule has 8 heteroatoms. The summed E-state index contributed by atoms with van der Waals surface area (Å²) in [6.45, 7) is 3.67. The highest BCUT2D eigenvalue weighted by Gasteiger charge is 2.36. The minimum absolute atomic E-state index is 0.0698. The highest BCUT2D eigenvalue weighted by atomic mass is 16.5. The first-order valence-electron chi connectivity index (χ1n) is 10.4. The molecule has 2 aromatic carbocycles. The summed E-state index contributed by atoms with van der Waals surface area (Å²) in [4.78, 5) is 24.8. The number of esters is 1. The fourth-order valence-electron chi connectivity index (χ4n) is 3.47. The Morgan fingerprint density at radius 1 is 1.18 bits per heavy atom. The van der Waals surface area contributed by atoms with Crippen LogP contribution in [0.4, 0.5) is 0 Å². The maximum Gasteiger partial charge on any atom is 0.338 e. The third kappa shape index (κ3) is 5.71. The van der Waals surface area contributed by atoms with Crippen LogP contribution in [0.3, 0.4) is 0 Å². The molecule has 0 saturated carbocycles. The van der Waals surface area contributed by atoms with E-state index in [1.807, 2.05) is 36.4 Å². The second kappa shape index (κ2) is 10.9. The van der Waals surface area contributed by atoms with Gasteiger partial charge in [0.15, 0.2) is 6.61 Å². The van der Waals surface area contributed by atoms with E-state index < -0.39 is 11.9 Å². The molecule has 1 amide bonds. The molecule has 1 heterocycles. The molecule has 8 nitrogen and oxygen atoms in total. The van der Waals surface area contributed by atoms with E-state index >= 15 is 0 Å². The van der Waals surface area contributed by atoms with E-state index in [0.29, 0.717) is 17.9 Å². The first kappa shape index (κ1) is 23.4. The summed E-state index contributed by atoms with van der Waals surface area (Å²) in [6.07, 6.45) is 0. The number of nitrogens with one attached hydrogen (secondary N) is 1. The second-order valence-electron chi connectivity index (χ2n) is 7.24. The van der Waals surface area contributed by atoms with Crippen LogP contribution >= 0.6 is 0 Å². The molecular formula is C25H25N3O5. The molecular weight excluding hydrogens is 422 g/mol. The summed E-state index contributed by atoms with van der Waals surface area (Å²) >= 11 is 0. The van der Waals surface area contributed by atoms with E-state index in [2.05, 4.69) is 5.32 Å². The van der Waals surface area contributed by atoms with Gasteiger partial charge in [-0.1, -0.05) is 42.5 Å². The average Bonchev–Trinajstić information content (AvgIpc) is 2.82. The zero-order chi connectivity index (χ0) is 23.8. The van der Waals surface area contributed by atoms with Gasteiger partial charge in [0.1, 0.15) is 23.2 Å². The lowest BCUT2D eigenvalue weighted by molar-refractivity contribution is -0.139. The molecule has 1 aliphatic rings. The Kier molecular flexibility index (Phi) is 7.71. The Hall–Kier alpha value is -4.25. The second-order valence-corrected chi connectivity index (χ2v) is 7.24. The Morgan fingerprint density at radius 2 is 1.94 bits per heavy atom. The predicted octanol–water partition coefficient (Wildman–Crippen LogP) is 3.03. The van der Waals surface area contributed by atoms with E-state index in [9.17, 15) is 14.9 Å². The number of hydrogen-bond donors (Lipinski definition) is 2. The van der Waals surface area contributed by atoms with E-state index in [1.165, 1.54) is 0 Å². The largest absolute Gasteiger partial charge is 0.484 e. The molecule has 0 fully saturated rings. The summed E-state index contributed by atoms with van der Waals surface area (Å²) in [5, 5.41) is 12.5. The molecule has 0 aromatic heterocycles. The minimum Gasteiger partial charge on any atom is -0.484 e. The number of nitrogens with two attached hydrogens (primary N) is 1.